The van der Waals surface area contributed by atoms with Crippen LogP contribution in [0, 0.1) is 0 Å². The maximum absolute atomic E-state index is 12.1. The fourth-order valence-electron chi connectivity index (χ4n) is 2.23. The summed E-state index contributed by atoms with van der Waals surface area (Å²) >= 11 is 1.64. The Balaban J connectivity index is 1.77. The summed E-state index contributed by atoms with van der Waals surface area (Å²) in [6.07, 6.45) is 1.72. The first-order chi connectivity index (χ1) is 9.66. The van der Waals surface area contributed by atoms with Crippen molar-refractivity contribution < 1.29 is 19.4 Å². The van der Waals surface area contributed by atoms with Gasteiger partial charge < -0.3 is 14.7 Å². The van der Waals surface area contributed by atoms with E-state index >= 15 is 0 Å². The van der Waals surface area contributed by atoms with Crippen LogP contribution in [0.25, 0.3) is 0 Å². The minimum atomic E-state index is -0.804. The third-order valence-electron chi connectivity index (χ3n) is 3.31. The molecule has 6 heteroatoms. The summed E-state index contributed by atoms with van der Waals surface area (Å²) in [6.45, 7) is 1.78. The Morgan fingerprint density at radius 2 is 2.20 bits per heavy atom. The van der Waals surface area contributed by atoms with Crippen molar-refractivity contribution in [2.24, 2.45) is 0 Å². The molecule has 5 nitrogen and oxygen atoms in total. The van der Waals surface area contributed by atoms with Gasteiger partial charge in [0.05, 0.1) is 13.2 Å². The predicted molar refractivity (Wildman–Crippen MR) is 75.7 cm³/mol. The fourth-order valence-corrected chi connectivity index (χ4v) is 3.00. The molecule has 0 saturated carbocycles. The first kappa shape index (κ1) is 15.0. The van der Waals surface area contributed by atoms with Gasteiger partial charge in [0.25, 0.3) is 0 Å². The van der Waals surface area contributed by atoms with Gasteiger partial charge in [0.2, 0.25) is 5.91 Å². The van der Waals surface area contributed by atoms with Crippen LogP contribution in [0.2, 0.25) is 0 Å². The number of aliphatic carboxylic acids is 1. The van der Waals surface area contributed by atoms with Gasteiger partial charge in [0.15, 0.2) is 0 Å². The van der Waals surface area contributed by atoms with Crippen molar-refractivity contribution >= 4 is 23.2 Å². The number of nitrogens with zero attached hydrogens (tertiary/aromatic N) is 1. The van der Waals surface area contributed by atoms with E-state index in [4.69, 9.17) is 9.84 Å². The number of ether oxygens (including phenoxy) is 1. The monoisotopic (exact) mass is 297 g/mol. The van der Waals surface area contributed by atoms with Gasteiger partial charge >= 0.3 is 5.97 Å². The van der Waals surface area contributed by atoms with E-state index in [0.29, 0.717) is 39.0 Å². The van der Waals surface area contributed by atoms with E-state index in [1.807, 2.05) is 22.4 Å². The van der Waals surface area contributed by atoms with Gasteiger partial charge in [0.1, 0.15) is 6.10 Å². The summed E-state index contributed by atoms with van der Waals surface area (Å²) in [6, 6.07) is 4.01. The summed E-state index contributed by atoms with van der Waals surface area (Å²) in [7, 11) is 0. The zero-order chi connectivity index (χ0) is 14.4. The van der Waals surface area contributed by atoms with Crippen LogP contribution in [-0.2, 0) is 14.3 Å². The number of carbonyl (C=O) groups is 2. The molecule has 1 aromatic heterocycles. The van der Waals surface area contributed by atoms with E-state index in [-0.39, 0.29) is 18.4 Å². The summed E-state index contributed by atoms with van der Waals surface area (Å²) in [4.78, 5) is 25.5. The molecule has 0 aliphatic carbocycles. The van der Waals surface area contributed by atoms with Gasteiger partial charge in [-0.15, -0.1) is 11.3 Å². The summed E-state index contributed by atoms with van der Waals surface area (Å²) < 4.78 is 5.70. The average molecular weight is 297 g/mol. The molecule has 2 rings (SSSR count). The van der Waals surface area contributed by atoms with Crippen LogP contribution < -0.4 is 0 Å². The number of hydrogen-bond acceptors (Lipinski definition) is 4. The lowest BCUT2D eigenvalue weighted by Crippen LogP contribution is -2.42. The third-order valence-corrected chi connectivity index (χ3v) is 4.28. The highest BCUT2D eigenvalue weighted by Gasteiger charge is 2.25. The lowest BCUT2D eigenvalue weighted by molar-refractivity contribution is -0.140. The summed E-state index contributed by atoms with van der Waals surface area (Å²) in [5.74, 6) is -0.707. The molecular formula is C14H19NO4S. The molecule has 0 bridgehead atoms. The van der Waals surface area contributed by atoms with Crippen molar-refractivity contribution in [2.45, 2.75) is 31.8 Å². The minimum absolute atomic E-state index is 0.0216. The van der Waals surface area contributed by atoms with Crippen LogP contribution in [0.5, 0.6) is 0 Å². The van der Waals surface area contributed by atoms with Crippen LogP contribution in [0.3, 0.4) is 0 Å². The zero-order valence-corrected chi connectivity index (χ0v) is 12.1. The third kappa shape index (κ3) is 4.31. The molecule has 1 aliphatic heterocycles. The van der Waals surface area contributed by atoms with Gasteiger partial charge in [-0.1, -0.05) is 6.07 Å². The quantitative estimate of drug-likeness (QED) is 0.818. The molecule has 1 fully saturated rings. The molecular weight excluding hydrogens is 278 g/mol. The Hall–Kier alpha value is -1.40. The molecule has 110 valence electrons. The molecule has 2 heterocycles. The number of unbranched alkanes of at least 4 members (excludes halogenated alkanes) is 1. The Morgan fingerprint density at radius 3 is 2.90 bits per heavy atom. The van der Waals surface area contributed by atoms with Crippen LogP contribution >= 0.6 is 11.3 Å². The molecule has 1 unspecified atom stereocenters. The summed E-state index contributed by atoms with van der Waals surface area (Å²) in [5.41, 5.74) is 0. The normalized spacial score (nSPS) is 19.0. The highest BCUT2D eigenvalue weighted by Crippen LogP contribution is 2.26. The second kappa shape index (κ2) is 7.40. The van der Waals surface area contributed by atoms with E-state index in [2.05, 4.69) is 0 Å². The number of amides is 1. The maximum Gasteiger partial charge on any atom is 0.303 e. The second-order valence-electron chi connectivity index (χ2n) is 4.82. The lowest BCUT2D eigenvalue weighted by Gasteiger charge is -2.32. The maximum atomic E-state index is 12.1. The van der Waals surface area contributed by atoms with Gasteiger partial charge in [-0.05, 0) is 24.3 Å². The molecule has 0 aromatic carbocycles. The largest absolute Gasteiger partial charge is 0.481 e. The average Bonchev–Trinajstić information content (AvgIpc) is 2.97. The molecule has 1 saturated heterocycles. The van der Waals surface area contributed by atoms with E-state index < -0.39 is 5.97 Å². The zero-order valence-electron chi connectivity index (χ0n) is 11.3. The topological polar surface area (TPSA) is 66.8 Å². The standard InChI is InChI=1S/C14H19NO4S/c16-13(5-1-2-6-14(17)18)15-7-8-19-11(10-15)12-4-3-9-20-12/h3-4,9,11H,1-2,5-8,10H2,(H,17,18). The van der Waals surface area contributed by atoms with E-state index in [1.165, 1.54) is 0 Å². The second-order valence-corrected chi connectivity index (χ2v) is 5.79. The van der Waals surface area contributed by atoms with Gasteiger partial charge in [-0.2, -0.15) is 0 Å². The lowest BCUT2D eigenvalue weighted by atomic mass is 10.1. The van der Waals surface area contributed by atoms with Crippen molar-refractivity contribution in [1.29, 1.82) is 0 Å². The van der Waals surface area contributed by atoms with Gasteiger partial charge in [0, 0.05) is 24.3 Å². The number of carboxylic acids is 1. The van der Waals surface area contributed by atoms with Crippen LogP contribution in [0.15, 0.2) is 17.5 Å². The van der Waals surface area contributed by atoms with Gasteiger partial charge in [-0.3, -0.25) is 9.59 Å². The number of morpholine rings is 1. The van der Waals surface area contributed by atoms with Crippen LogP contribution in [0.1, 0.15) is 36.7 Å². The molecule has 1 amide bonds. The SMILES string of the molecule is O=C(O)CCCCC(=O)N1CCOC(c2cccs2)C1. The predicted octanol–water partition coefficient (Wildman–Crippen LogP) is 2.29. The number of thiophene rings is 1. The highest BCUT2D eigenvalue weighted by atomic mass is 32.1. The smallest absolute Gasteiger partial charge is 0.303 e. The Bertz CT molecular complexity index is 446. The number of rotatable bonds is 6. The van der Waals surface area contributed by atoms with Crippen LogP contribution in [-0.4, -0.2) is 41.6 Å². The fraction of sp³-hybridized carbons (Fsp3) is 0.571. The highest BCUT2D eigenvalue weighted by molar-refractivity contribution is 7.10. The molecule has 20 heavy (non-hydrogen) atoms. The number of carbonyl (C=O) groups excluding carboxylic acids is 1. The van der Waals surface area contributed by atoms with E-state index in [1.54, 1.807) is 11.3 Å². The first-order valence-electron chi connectivity index (χ1n) is 6.81. The van der Waals surface area contributed by atoms with Crippen molar-refractivity contribution in [3.63, 3.8) is 0 Å². The first-order valence-corrected chi connectivity index (χ1v) is 7.69. The molecule has 1 atom stereocenters. The molecule has 0 spiro atoms. The summed E-state index contributed by atoms with van der Waals surface area (Å²) in [5, 5.41) is 10.6. The molecule has 0 radical (unpaired) electrons. The van der Waals surface area contributed by atoms with Crippen molar-refractivity contribution in [3.8, 4) is 0 Å². The van der Waals surface area contributed by atoms with Crippen molar-refractivity contribution in [1.82, 2.24) is 4.90 Å². The van der Waals surface area contributed by atoms with E-state index in [9.17, 15) is 9.59 Å². The number of hydrogen-bond donors (Lipinski definition) is 1. The Morgan fingerprint density at radius 1 is 1.40 bits per heavy atom. The number of carboxylic acid groups (broad SMARTS) is 1. The molecule has 1 aromatic rings. The Kier molecular flexibility index (Phi) is 5.55. The van der Waals surface area contributed by atoms with Crippen molar-refractivity contribution in [2.75, 3.05) is 19.7 Å². The van der Waals surface area contributed by atoms with Crippen LogP contribution in [0.4, 0.5) is 0 Å². The molecule has 1 N–H and O–H groups in total. The van der Waals surface area contributed by atoms with Crippen molar-refractivity contribution in [3.05, 3.63) is 22.4 Å². The van der Waals surface area contributed by atoms with E-state index in [0.717, 1.165) is 4.88 Å². The Labute approximate surface area is 122 Å². The van der Waals surface area contributed by atoms with Gasteiger partial charge in [-0.25, -0.2) is 0 Å². The molecule has 1 aliphatic rings. The minimum Gasteiger partial charge on any atom is -0.481 e.